The molecule has 0 spiro atoms. The van der Waals surface area contributed by atoms with Crippen molar-refractivity contribution in [2.75, 3.05) is 6.61 Å². The zero-order valence-electron chi connectivity index (χ0n) is 12.6. The van der Waals surface area contributed by atoms with E-state index in [-0.39, 0.29) is 18.1 Å². The van der Waals surface area contributed by atoms with Gasteiger partial charge in [0.05, 0.1) is 11.1 Å². The lowest BCUT2D eigenvalue weighted by Crippen LogP contribution is -2.27. The number of carbonyl (C=O) groups excluding carboxylic acids is 1. The quantitative estimate of drug-likeness (QED) is 0.861. The van der Waals surface area contributed by atoms with Gasteiger partial charge < -0.3 is 9.84 Å². The van der Waals surface area contributed by atoms with Crippen molar-refractivity contribution in [2.45, 2.75) is 39.6 Å². The van der Waals surface area contributed by atoms with E-state index in [4.69, 9.17) is 4.74 Å². The van der Waals surface area contributed by atoms with Gasteiger partial charge in [-0.05, 0) is 32.9 Å². The molecule has 1 atom stereocenters. The zero-order valence-corrected chi connectivity index (χ0v) is 12.6. The van der Waals surface area contributed by atoms with E-state index in [9.17, 15) is 14.3 Å². The Morgan fingerprint density at radius 3 is 2.71 bits per heavy atom. The summed E-state index contributed by atoms with van der Waals surface area (Å²) < 4.78 is 20.3. The summed E-state index contributed by atoms with van der Waals surface area (Å²) in [7, 11) is 0. The second kappa shape index (κ2) is 5.44. The summed E-state index contributed by atoms with van der Waals surface area (Å²) in [5, 5.41) is 14.3. The molecule has 0 aliphatic heterocycles. The minimum atomic E-state index is -1.36. The van der Waals surface area contributed by atoms with E-state index in [2.05, 4.69) is 5.10 Å². The van der Waals surface area contributed by atoms with E-state index >= 15 is 0 Å². The second-order valence-electron chi connectivity index (χ2n) is 5.70. The number of ketones is 1. The first kappa shape index (κ1) is 15.4. The fraction of sp³-hybridized carbons (Fsp3) is 0.467. The third-order valence-electron chi connectivity index (χ3n) is 2.94. The van der Waals surface area contributed by atoms with Crippen LogP contribution in [0.1, 0.15) is 44.5 Å². The first-order chi connectivity index (χ1) is 9.69. The minimum Gasteiger partial charge on any atom is -0.491 e. The van der Waals surface area contributed by atoms with Crippen LogP contribution in [0.4, 0.5) is 4.39 Å². The van der Waals surface area contributed by atoms with Gasteiger partial charge in [0.25, 0.3) is 0 Å². The normalized spacial score (nSPS) is 13.4. The lowest BCUT2D eigenvalue weighted by molar-refractivity contribution is 0.0285. The molecule has 2 rings (SSSR count). The second-order valence-corrected chi connectivity index (χ2v) is 5.70. The Bertz CT molecular complexity index is 671. The van der Waals surface area contributed by atoms with Gasteiger partial charge in [0, 0.05) is 18.4 Å². The van der Waals surface area contributed by atoms with Crippen LogP contribution < -0.4 is 4.74 Å². The summed E-state index contributed by atoms with van der Waals surface area (Å²) in [5.41, 5.74) is -0.236. The van der Waals surface area contributed by atoms with E-state index in [1.165, 1.54) is 13.8 Å². The predicted molar refractivity (Wildman–Crippen MR) is 77.3 cm³/mol. The molecular weight excluding hydrogens is 275 g/mol. The number of aliphatic hydroxyl groups is 1. The summed E-state index contributed by atoms with van der Waals surface area (Å²) in [6, 6.07) is 4.98. The van der Waals surface area contributed by atoms with Crippen molar-refractivity contribution in [1.29, 1.82) is 0 Å². The van der Waals surface area contributed by atoms with Crippen LogP contribution in [-0.2, 0) is 0 Å². The molecule has 2 aromatic rings. The number of aromatic nitrogens is 2. The predicted octanol–water partition coefficient (Wildman–Crippen LogP) is 2.88. The number of nitrogens with zero attached hydrogens (tertiary/aromatic N) is 2. The highest BCUT2D eigenvalue weighted by atomic mass is 19.1. The molecule has 6 heteroatoms. The van der Waals surface area contributed by atoms with Crippen LogP contribution in [0.5, 0.6) is 5.75 Å². The van der Waals surface area contributed by atoms with Crippen LogP contribution in [0, 0.1) is 0 Å². The molecule has 1 aromatic heterocycles. The standard InChI is InChI=1S/C15H19FN2O3/c1-9(19)14-12-6-5-11(21-8-15(3,4)20)7-13(12)18(17-14)10(2)16/h5-7,10,20H,8H2,1-4H3. The van der Waals surface area contributed by atoms with Crippen molar-refractivity contribution in [3.63, 3.8) is 0 Å². The minimum absolute atomic E-state index is 0.109. The average molecular weight is 294 g/mol. The summed E-state index contributed by atoms with van der Waals surface area (Å²) in [4.78, 5) is 11.6. The molecule has 1 heterocycles. The van der Waals surface area contributed by atoms with Crippen molar-refractivity contribution in [1.82, 2.24) is 9.78 Å². The lowest BCUT2D eigenvalue weighted by atomic mass is 10.1. The van der Waals surface area contributed by atoms with Gasteiger partial charge in [0.2, 0.25) is 0 Å². The molecule has 0 aliphatic carbocycles. The summed E-state index contributed by atoms with van der Waals surface area (Å²) in [6.45, 7) is 6.12. The molecule has 1 unspecified atom stereocenters. The zero-order chi connectivity index (χ0) is 15.8. The summed E-state index contributed by atoms with van der Waals surface area (Å²) in [5.74, 6) is 0.270. The molecule has 0 amide bonds. The number of hydrogen-bond donors (Lipinski definition) is 1. The van der Waals surface area contributed by atoms with Gasteiger partial charge in [0.15, 0.2) is 12.1 Å². The molecule has 5 nitrogen and oxygen atoms in total. The molecule has 1 N–H and O–H groups in total. The molecule has 0 saturated carbocycles. The van der Waals surface area contributed by atoms with E-state index in [1.807, 2.05) is 0 Å². The largest absolute Gasteiger partial charge is 0.491 e. The maximum atomic E-state index is 13.7. The molecule has 0 radical (unpaired) electrons. The van der Waals surface area contributed by atoms with Gasteiger partial charge in [-0.15, -0.1) is 0 Å². The van der Waals surface area contributed by atoms with Crippen molar-refractivity contribution >= 4 is 16.7 Å². The molecule has 114 valence electrons. The molecule has 1 aromatic carbocycles. The highest BCUT2D eigenvalue weighted by molar-refractivity contribution is 6.05. The maximum Gasteiger partial charge on any atom is 0.189 e. The topological polar surface area (TPSA) is 64.4 Å². The molecule has 0 bridgehead atoms. The number of carbonyl (C=O) groups is 1. The summed E-state index contributed by atoms with van der Waals surface area (Å²) in [6.07, 6.45) is -1.36. The van der Waals surface area contributed by atoms with Gasteiger partial charge in [0.1, 0.15) is 18.1 Å². The SMILES string of the molecule is CC(=O)c1nn(C(C)F)c2cc(OCC(C)(C)O)ccc12. The number of Topliss-reactive ketones (excluding diaryl/α,β-unsaturated/α-hetero) is 1. The third-order valence-corrected chi connectivity index (χ3v) is 2.94. The monoisotopic (exact) mass is 294 g/mol. The first-order valence-electron chi connectivity index (χ1n) is 6.71. The van der Waals surface area contributed by atoms with Gasteiger partial charge in [-0.1, -0.05) is 0 Å². The van der Waals surface area contributed by atoms with Crippen LogP contribution >= 0.6 is 0 Å². The molecule has 21 heavy (non-hydrogen) atoms. The average Bonchev–Trinajstić information content (AvgIpc) is 2.74. The van der Waals surface area contributed by atoms with Crippen molar-refractivity contribution in [3.05, 3.63) is 23.9 Å². The van der Waals surface area contributed by atoms with Crippen molar-refractivity contribution < 1.29 is 19.0 Å². The Labute approximate surface area is 122 Å². The highest BCUT2D eigenvalue weighted by Crippen LogP contribution is 2.27. The van der Waals surface area contributed by atoms with Gasteiger partial charge in [-0.2, -0.15) is 5.10 Å². The number of benzene rings is 1. The number of hydrogen-bond acceptors (Lipinski definition) is 4. The Balaban J connectivity index is 2.46. The molecule has 0 saturated heterocycles. The van der Waals surface area contributed by atoms with Crippen LogP contribution in [0.2, 0.25) is 0 Å². The van der Waals surface area contributed by atoms with E-state index < -0.39 is 11.9 Å². The molecule has 0 fully saturated rings. The fourth-order valence-corrected chi connectivity index (χ4v) is 2.00. The number of alkyl halides is 1. The maximum absolute atomic E-state index is 13.7. The number of ether oxygens (including phenoxy) is 1. The van der Waals surface area contributed by atoms with E-state index in [0.717, 1.165) is 4.68 Å². The molecule has 0 aliphatic rings. The van der Waals surface area contributed by atoms with Gasteiger partial charge in [-0.25, -0.2) is 9.07 Å². The van der Waals surface area contributed by atoms with E-state index in [0.29, 0.717) is 16.7 Å². The lowest BCUT2D eigenvalue weighted by Gasteiger charge is -2.17. The molecular formula is C15H19FN2O3. The van der Waals surface area contributed by atoms with E-state index in [1.54, 1.807) is 32.0 Å². The van der Waals surface area contributed by atoms with Crippen molar-refractivity contribution in [3.8, 4) is 5.75 Å². The number of fused-ring (bicyclic) bond motifs is 1. The van der Waals surface area contributed by atoms with Crippen molar-refractivity contribution in [2.24, 2.45) is 0 Å². The fourth-order valence-electron chi connectivity index (χ4n) is 2.00. The van der Waals surface area contributed by atoms with Crippen LogP contribution in [0.25, 0.3) is 10.9 Å². The third kappa shape index (κ3) is 3.39. The Morgan fingerprint density at radius 1 is 1.52 bits per heavy atom. The highest BCUT2D eigenvalue weighted by Gasteiger charge is 2.18. The summed E-state index contributed by atoms with van der Waals surface area (Å²) >= 11 is 0. The van der Waals surface area contributed by atoms with Crippen LogP contribution in [0.15, 0.2) is 18.2 Å². The van der Waals surface area contributed by atoms with Gasteiger partial charge in [-0.3, -0.25) is 4.79 Å². The number of rotatable bonds is 5. The Kier molecular flexibility index (Phi) is 4.00. The van der Waals surface area contributed by atoms with Crippen LogP contribution in [0.3, 0.4) is 0 Å². The smallest absolute Gasteiger partial charge is 0.189 e. The van der Waals surface area contributed by atoms with Gasteiger partial charge >= 0.3 is 0 Å². The first-order valence-corrected chi connectivity index (χ1v) is 6.71. The van der Waals surface area contributed by atoms with Crippen LogP contribution in [-0.4, -0.2) is 32.9 Å². The Morgan fingerprint density at radius 2 is 2.19 bits per heavy atom. The Hall–Kier alpha value is -1.95. The number of halogens is 1.